The topological polar surface area (TPSA) is 35.5 Å². The number of halogens is 1. The van der Waals surface area contributed by atoms with Crippen LogP contribution in [0.25, 0.3) is 0 Å². The van der Waals surface area contributed by atoms with E-state index in [4.69, 9.17) is 9.47 Å². The van der Waals surface area contributed by atoms with Gasteiger partial charge in [0.05, 0.1) is 7.11 Å². The number of benzene rings is 1. The first-order valence-corrected chi connectivity index (χ1v) is 6.85. The zero-order valence-corrected chi connectivity index (χ0v) is 13.1. The van der Waals surface area contributed by atoms with Crippen LogP contribution >= 0.6 is 15.9 Å². The summed E-state index contributed by atoms with van der Waals surface area (Å²) in [5.41, 5.74) is 1.50. The predicted molar refractivity (Wildman–Crippen MR) is 84.7 cm³/mol. The number of methoxy groups -OCH3 is 1. The second-order valence-corrected chi connectivity index (χ2v) is 4.76. The standard InChI is InChI=1S/C16H17BrO3/c1-4-6-12(7-5-2)11-20-16-9-14(17)13(10-18)8-15(16)19-3/h4-10H,1,11H2,2-3H3/b7-5-,12-6+. The van der Waals surface area contributed by atoms with E-state index in [2.05, 4.69) is 22.5 Å². The minimum Gasteiger partial charge on any atom is -0.493 e. The van der Waals surface area contributed by atoms with Gasteiger partial charge in [-0.05, 0) is 40.6 Å². The van der Waals surface area contributed by atoms with E-state index in [1.54, 1.807) is 18.2 Å². The second-order valence-electron chi connectivity index (χ2n) is 3.91. The monoisotopic (exact) mass is 336 g/mol. The number of hydrogen-bond donors (Lipinski definition) is 0. The van der Waals surface area contributed by atoms with E-state index in [1.807, 2.05) is 25.2 Å². The lowest BCUT2D eigenvalue weighted by atomic mass is 10.2. The maximum Gasteiger partial charge on any atom is 0.162 e. The Morgan fingerprint density at radius 3 is 2.70 bits per heavy atom. The third-order valence-corrected chi connectivity index (χ3v) is 3.20. The van der Waals surface area contributed by atoms with E-state index in [1.165, 1.54) is 7.11 Å². The van der Waals surface area contributed by atoms with Gasteiger partial charge in [0.2, 0.25) is 0 Å². The average Bonchev–Trinajstić information content (AvgIpc) is 2.45. The van der Waals surface area contributed by atoms with Crippen LogP contribution in [-0.2, 0) is 0 Å². The van der Waals surface area contributed by atoms with Gasteiger partial charge >= 0.3 is 0 Å². The molecule has 0 aliphatic rings. The van der Waals surface area contributed by atoms with Gasteiger partial charge in [0, 0.05) is 10.0 Å². The summed E-state index contributed by atoms with van der Waals surface area (Å²) in [5, 5.41) is 0. The van der Waals surface area contributed by atoms with Crippen LogP contribution < -0.4 is 9.47 Å². The van der Waals surface area contributed by atoms with Crippen LogP contribution in [0.1, 0.15) is 17.3 Å². The van der Waals surface area contributed by atoms with Crippen molar-refractivity contribution >= 4 is 22.2 Å². The molecule has 1 aromatic carbocycles. The largest absolute Gasteiger partial charge is 0.493 e. The SMILES string of the molecule is C=C/C=C(\C=C/C)COc1cc(Br)c(C=O)cc1OC. The van der Waals surface area contributed by atoms with E-state index >= 15 is 0 Å². The van der Waals surface area contributed by atoms with Gasteiger partial charge in [0.25, 0.3) is 0 Å². The Kier molecular flexibility index (Phi) is 6.81. The molecule has 0 saturated heterocycles. The number of carbonyl (C=O) groups excluding carboxylic acids is 1. The molecule has 0 amide bonds. The van der Waals surface area contributed by atoms with Crippen molar-refractivity contribution in [1.82, 2.24) is 0 Å². The number of ether oxygens (including phenoxy) is 2. The molecule has 0 radical (unpaired) electrons. The van der Waals surface area contributed by atoms with Crippen LogP contribution in [0.15, 0.2) is 53.1 Å². The molecule has 0 spiro atoms. The Morgan fingerprint density at radius 1 is 1.40 bits per heavy atom. The first-order valence-electron chi connectivity index (χ1n) is 6.06. The van der Waals surface area contributed by atoms with Gasteiger partial charge in [-0.2, -0.15) is 0 Å². The lowest BCUT2D eigenvalue weighted by Gasteiger charge is -2.12. The molecular weight excluding hydrogens is 320 g/mol. The number of allylic oxidation sites excluding steroid dienone is 3. The van der Waals surface area contributed by atoms with Crippen LogP contribution in [0.4, 0.5) is 0 Å². The Balaban J connectivity index is 2.97. The van der Waals surface area contributed by atoms with Gasteiger partial charge < -0.3 is 9.47 Å². The molecule has 0 aliphatic heterocycles. The van der Waals surface area contributed by atoms with Crippen molar-refractivity contribution in [2.75, 3.05) is 13.7 Å². The maximum atomic E-state index is 10.9. The molecule has 0 aromatic heterocycles. The second kappa shape index (κ2) is 8.38. The van der Waals surface area contributed by atoms with E-state index < -0.39 is 0 Å². The van der Waals surface area contributed by atoms with Crippen molar-refractivity contribution in [3.63, 3.8) is 0 Å². The molecule has 106 valence electrons. The first-order chi connectivity index (χ1) is 9.65. The zero-order chi connectivity index (χ0) is 15.0. The van der Waals surface area contributed by atoms with Crippen molar-refractivity contribution in [3.8, 4) is 11.5 Å². The highest BCUT2D eigenvalue weighted by Crippen LogP contribution is 2.33. The summed E-state index contributed by atoms with van der Waals surface area (Å²) in [5.74, 6) is 1.10. The molecule has 1 aromatic rings. The van der Waals surface area contributed by atoms with Crippen LogP contribution in [-0.4, -0.2) is 20.0 Å². The summed E-state index contributed by atoms with van der Waals surface area (Å²) in [6.45, 7) is 6.00. The highest BCUT2D eigenvalue weighted by Gasteiger charge is 2.10. The summed E-state index contributed by atoms with van der Waals surface area (Å²) >= 11 is 3.33. The third kappa shape index (κ3) is 4.38. The van der Waals surface area contributed by atoms with Gasteiger partial charge in [0.1, 0.15) is 6.61 Å². The van der Waals surface area contributed by atoms with Gasteiger partial charge in [-0.25, -0.2) is 0 Å². The van der Waals surface area contributed by atoms with Crippen molar-refractivity contribution < 1.29 is 14.3 Å². The molecule has 3 nitrogen and oxygen atoms in total. The Hall–Kier alpha value is -1.81. The zero-order valence-electron chi connectivity index (χ0n) is 11.6. The molecule has 0 heterocycles. The minimum atomic E-state index is 0.388. The lowest BCUT2D eigenvalue weighted by Crippen LogP contribution is -2.02. The number of hydrogen-bond acceptors (Lipinski definition) is 3. The van der Waals surface area contributed by atoms with E-state index in [0.29, 0.717) is 28.1 Å². The van der Waals surface area contributed by atoms with Crippen molar-refractivity contribution in [2.24, 2.45) is 0 Å². The maximum absolute atomic E-state index is 10.9. The van der Waals surface area contributed by atoms with Crippen LogP contribution in [0.3, 0.4) is 0 Å². The van der Waals surface area contributed by atoms with E-state index in [0.717, 1.165) is 11.9 Å². The first kappa shape index (κ1) is 16.2. The normalized spacial score (nSPS) is 11.4. The van der Waals surface area contributed by atoms with Crippen molar-refractivity contribution in [2.45, 2.75) is 6.92 Å². The molecule has 4 heteroatoms. The fraction of sp³-hybridized carbons (Fsp3) is 0.188. The Labute approximate surface area is 127 Å². The molecule has 0 N–H and O–H groups in total. The number of aldehydes is 1. The smallest absolute Gasteiger partial charge is 0.162 e. The summed E-state index contributed by atoms with van der Waals surface area (Å²) in [6.07, 6.45) is 8.23. The van der Waals surface area contributed by atoms with Gasteiger partial charge in [-0.3, -0.25) is 4.79 Å². The molecule has 0 atom stereocenters. The highest BCUT2D eigenvalue weighted by atomic mass is 79.9. The van der Waals surface area contributed by atoms with Crippen molar-refractivity contribution in [1.29, 1.82) is 0 Å². The lowest BCUT2D eigenvalue weighted by molar-refractivity contribution is 0.112. The molecule has 0 unspecified atom stereocenters. The molecule has 0 bridgehead atoms. The van der Waals surface area contributed by atoms with E-state index in [9.17, 15) is 4.79 Å². The summed E-state index contributed by atoms with van der Waals surface area (Å²) in [7, 11) is 1.54. The van der Waals surface area contributed by atoms with Gasteiger partial charge in [-0.15, -0.1) is 0 Å². The fourth-order valence-corrected chi connectivity index (χ4v) is 2.01. The quantitative estimate of drug-likeness (QED) is 0.548. The van der Waals surface area contributed by atoms with Crippen molar-refractivity contribution in [3.05, 3.63) is 58.6 Å². The average molecular weight is 337 g/mol. The fourth-order valence-electron chi connectivity index (χ4n) is 1.59. The molecular formula is C16H17BrO3. The van der Waals surface area contributed by atoms with E-state index in [-0.39, 0.29) is 0 Å². The van der Waals surface area contributed by atoms with Crippen LogP contribution in [0.2, 0.25) is 0 Å². The molecule has 20 heavy (non-hydrogen) atoms. The molecule has 0 saturated carbocycles. The summed E-state index contributed by atoms with van der Waals surface area (Å²) in [6, 6.07) is 3.36. The number of rotatable bonds is 7. The van der Waals surface area contributed by atoms with Crippen LogP contribution in [0.5, 0.6) is 11.5 Å². The Morgan fingerprint density at radius 2 is 2.15 bits per heavy atom. The minimum absolute atomic E-state index is 0.388. The molecule has 0 fully saturated rings. The highest BCUT2D eigenvalue weighted by molar-refractivity contribution is 9.10. The summed E-state index contributed by atoms with van der Waals surface area (Å²) in [4.78, 5) is 10.9. The third-order valence-electron chi connectivity index (χ3n) is 2.52. The van der Waals surface area contributed by atoms with Gasteiger partial charge in [-0.1, -0.05) is 30.9 Å². The molecule has 1 rings (SSSR count). The summed E-state index contributed by atoms with van der Waals surface area (Å²) < 4.78 is 11.6. The van der Waals surface area contributed by atoms with Gasteiger partial charge in [0.15, 0.2) is 17.8 Å². The predicted octanol–water partition coefficient (Wildman–Crippen LogP) is 4.34. The molecule has 0 aliphatic carbocycles. The van der Waals surface area contributed by atoms with Crippen LogP contribution in [0, 0.1) is 0 Å². The number of carbonyl (C=O) groups is 1. The Bertz CT molecular complexity index is 545.